The van der Waals surface area contributed by atoms with Gasteiger partial charge in [0.25, 0.3) is 0 Å². The first-order valence-corrected chi connectivity index (χ1v) is 7.04. The summed E-state index contributed by atoms with van der Waals surface area (Å²) in [6.07, 6.45) is 0. The highest BCUT2D eigenvalue weighted by Gasteiger charge is 2.13. The molecule has 1 heterocycles. The molecule has 0 aliphatic rings. The standard InChI is InChI=1S/C14H18FN3S/c1-10-17-12(9-19-10)8-18(3)14-11(7-16-2)5-4-6-13(14)15/h4-6,9,16H,7-8H2,1-3H3. The van der Waals surface area contributed by atoms with E-state index in [1.165, 1.54) is 6.07 Å². The van der Waals surface area contributed by atoms with Crippen LogP contribution in [0.4, 0.5) is 10.1 Å². The number of benzene rings is 1. The molecule has 0 saturated heterocycles. The van der Waals surface area contributed by atoms with Gasteiger partial charge in [0.05, 0.1) is 22.9 Å². The highest BCUT2D eigenvalue weighted by atomic mass is 32.1. The van der Waals surface area contributed by atoms with E-state index in [0.717, 1.165) is 16.3 Å². The first kappa shape index (κ1) is 14.0. The minimum absolute atomic E-state index is 0.192. The lowest BCUT2D eigenvalue weighted by Gasteiger charge is -2.22. The van der Waals surface area contributed by atoms with E-state index in [9.17, 15) is 4.39 Å². The van der Waals surface area contributed by atoms with E-state index < -0.39 is 0 Å². The fourth-order valence-corrected chi connectivity index (χ4v) is 2.73. The number of hydrogen-bond donors (Lipinski definition) is 1. The Bertz CT molecular complexity index is 553. The molecule has 0 radical (unpaired) electrons. The molecule has 0 unspecified atom stereocenters. The second-order valence-electron chi connectivity index (χ2n) is 4.49. The van der Waals surface area contributed by atoms with Gasteiger partial charge >= 0.3 is 0 Å². The minimum atomic E-state index is -0.192. The van der Waals surface area contributed by atoms with Gasteiger partial charge in [0, 0.05) is 19.0 Å². The molecule has 19 heavy (non-hydrogen) atoms. The van der Waals surface area contributed by atoms with E-state index in [1.807, 2.05) is 37.4 Å². The highest BCUT2D eigenvalue weighted by molar-refractivity contribution is 7.09. The smallest absolute Gasteiger partial charge is 0.146 e. The molecule has 1 N–H and O–H groups in total. The molecule has 0 fully saturated rings. The lowest BCUT2D eigenvalue weighted by Crippen LogP contribution is -2.21. The summed E-state index contributed by atoms with van der Waals surface area (Å²) in [5.41, 5.74) is 2.57. The fourth-order valence-electron chi connectivity index (χ4n) is 2.12. The maximum absolute atomic E-state index is 14.0. The second-order valence-corrected chi connectivity index (χ2v) is 5.55. The van der Waals surface area contributed by atoms with Gasteiger partial charge in [-0.05, 0) is 25.6 Å². The van der Waals surface area contributed by atoms with Crippen LogP contribution < -0.4 is 10.2 Å². The second kappa shape index (κ2) is 6.12. The number of halogens is 1. The van der Waals surface area contributed by atoms with E-state index >= 15 is 0 Å². The van der Waals surface area contributed by atoms with Crippen LogP contribution in [-0.2, 0) is 13.1 Å². The summed E-state index contributed by atoms with van der Waals surface area (Å²) in [6, 6.07) is 5.18. The molecule has 0 aliphatic heterocycles. The Balaban J connectivity index is 2.24. The Morgan fingerprint density at radius 3 is 2.84 bits per heavy atom. The molecule has 1 aromatic carbocycles. The Labute approximate surface area is 117 Å². The average Bonchev–Trinajstić information content (AvgIpc) is 2.75. The maximum Gasteiger partial charge on any atom is 0.146 e. The molecule has 2 aromatic rings. The van der Waals surface area contributed by atoms with Crippen molar-refractivity contribution in [3.05, 3.63) is 45.7 Å². The zero-order valence-corrected chi connectivity index (χ0v) is 12.2. The van der Waals surface area contributed by atoms with Crippen LogP contribution in [-0.4, -0.2) is 19.1 Å². The Kier molecular flexibility index (Phi) is 4.50. The number of nitrogens with zero attached hydrogens (tertiary/aromatic N) is 2. The molecule has 3 nitrogen and oxygen atoms in total. The van der Waals surface area contributed by atoms with Gasteiger partial charge in [-0.1, -0.05) is 12.1 Å². The van der Waals surface area contributed by atoms with Gasteiger partial charge in [-0.3, -0.25) is 0 Å². The molecular formula is C14H18FN3S. The van der Waals surface area contributed by atoms with E-state index in [-0.39, 0.29) is 5.82 Å². The molecule has 5 heteroatoms. The van der Waals surface area contributed by atoms with Gasteiger partial charge in [0.2, 0.25) is 0 Å². The number of thiazole rings is 1. The molecule has 0 atom stereocenters. The number of anilines is 1. The first-order valence-electron chi connectivity index (χ1n) is 6.16. The normalized spacial score (nSPS) is 10.7. The molecule has 0 aliphatic carbocycles. The summed E-state index contributed by atoms with van der Waals surface area (Å²) >= 11 is 1.62. The van der Waals surface area contributed by atoms with E-state index in [1.54, 1.807) is 17.4 Å². The zero-order valence-electron chi connectivity index (χ0n) is 11.4. The van der Waals surface area contributed by atoms with Gasteiger partial charge in [0.15, 0.2) is 0 Å². The first-order chi connectivity index (χ1) is 9.11. The van der Waals surface area contributed by atoms with Gasteiger partial charge in [-0.2, -0.15) is 0 Å². The quantitative estimate of drug-likeness (QED) is 0.912. The highest BCUT2D eigenvalue weighted by Crippen LogP contribution is 2.25. The maximum atomic E-state index is 14.0. The van der Waals surface area contributed by atoms with Crippen molar-refractivity contribution in [3.63, 3.8) is 0 Å². The third kappa shape index (κ3) is 3.30. The SMILES string of the molecule is CNCc1cccc(F)c1N(C)Cc1csc(C)n1. The Morgan fingerprint density at radius 2 is 2.21 bits per heavy atom. The molecular weight excluding hydrogens is 261 g/mol. The third-order valence-corrected chi connectivity index (χ3v) is 3.71. The molecule has 0 amide bonds. The van der Waals surface area contributed by atoms with Crippen LogP contribution in [0.25, 0.3) is 0 Å². The fraction of sp³-hybridized carbons (Fsp3) is 0.357. The van der Waals surface area contributed by atoms with E-state index in [0.29, 0.717) is 18.8 Å². The van der Waals surface area contributed by atoms with Crippen molar-refractivity contribution in [1.29, 1.82) is 0 Å². The molecule has 2 rings (SSSR count). The molecule has 0 bridgehead atoms. The average molecular weight is 279 g/mol. The van der Waals surface area contributed by atoms with Gasteiger partial charge in [-0.15, -0.1) is 11.3 Å². The van der Waals surface area contributed by atoms with Crippen LogP contribution in [0.5, 0.6) is 0 Å². The van der Waals surface area contributed by atoms with Crippen LogP contribution in [0.2, 0.25) is 0 Å². The van der Waals surface area contributed by atoms with Crippen molar-refractivity contribution < 1.29 is 4.39 Å². The van der Waals surface area contributed by atoms with Gasteiger partial charge in [0.1, 0.15) is 5.82 Å². The summed E-state index contributed by atoms with van der Waals surface area (Å²) < 4.78 is 14.0. The lowest BCUT2D eigenvalue weighted by atomic mass is 10.1. The number of rotatable bonds is 5. The van der Waals surface area contributed by atoms with Crippen molar-refractivity contribution >= 4 is 17.0 Å². The molecule has 0 saturated carbocycles. The summed E-state index contributed by atoms with van der Waals surface area (Å²) in [5, 5.41) is 6.12. The van der Waals surface area contributed by atoms with Gasteiger partial charge in [-0.25, -0.2) is 9.37 Å². The van der Waals surface area contributed by atoms with Crippen LogP contribution >= 0.6 is 11.3 Å². The zero-order chi connectivity index (χ0) is 13.8. The van der Waals surface area contributed by atoms with E-state index in [4.69, 9.17) is 0 Å². The number of para-hydroxylation sites is 1. The summed E-state index contributed by atoms with van der Waals surface area (Å²) in [5.74, 6) is -0.192. The van der Waals surface area contributed by atoms with Crippen LogP contribution in [0, 0.1) is 12.7 Å². The van der Waals surface area contributed by atoms with Crippen LogP contribution in [0.1, 0.15) is 16.3 Å². The monoisotopic (exact) mass is 279 g/mol. The van der Waals surface area contributed by atoms with Crippen molar-refractivity contribution in [2.75, 3.05) is 19.0 Å². The third-order valence-electron chi connectivity index (χ3n) is 2.89. The summed E-state index contributed by atoms with van der Waals surface area (Å²) in [7, 11) is 3.75. The van der Waals surface area contributed by atoms with E-state index in [2.05, 4.69) is 10.3 Å². The number of aromatic nitrogens is 1. The topological polar surface area (TPSA) is 28.2 Å². The molecule has 1 aromatic heterocycles. The van der Waals surface area contributed by atoms with Crippen LogP contribution in [0.15, 0.2) is 23.6 Å². The Hall–Kier alpha value is -1.46. The number of hydrogen-bond acceptors (Lipinski definition) is 4. The van der Waals surface area contributed by atoms with Gasteiger partial charge < -0.3 is 10.2 Å². The number of nitrogens with one attached hydrogen (secondary N) is 1. The lowest BCUT2D eigenvalue weighted by molar-refractivity contribution is 0.617. The summed E-state index contributed by atoms with van der Waals surface area (Å²) in [4.78, 5) is 6.33. The minimum Gasteiger partial charge on any atom is -0.366 e. The van der Waals surface area contributed by atoms with Crippen molar-refractivity contribution in [2.45, 2.75) is 20.0 Å². The van der Waals surface area contributed by atoms with Crippen molar-refractivity contribution in [3.8, 4) is 0 Å². The van der Waals surface area contributed by atoms with Crippen LogP contribution in [0.3, 0.4) is 0 Å². The van der Waals surface area contributed by atoms with Crippen molar-refractivity contribution in [1.82, 2.24) is 10.3 Å². The summed E-state index contributed by atoms with van der Waals surface area (Å²) in [6.45, 7) is 3.24. The molecule has 102 valence electrons. The predicted molar refractivity (Wildman–Crippen MR) is 78.1 cm³/mol. The number of aryl methyl sites for hydroxylation is 1. The Morgan fingerprint density at radius 1 is 1.42 bits per heavy atom. The molecule has 0 spiro atoms. The predicted octanol–water partition coefficient (Wildman–Crippen LogP) is 2.95. The largest absolute Gasteiger partial charge is 0.366 e. The van der Waals surface area contributed by atoms with Crippen molar-refractivity contribution in [2.24, 2.45) is 0 Å².